The van der Waals surface area contributed by atoms with Crippen molar-refractivity contribution in [3.63, 3.8) is 0 Å². The van der Waals surface area contributed by atoms with E-state index in [1.54, 1.807) is 75.4 Å². The maximum atomic E-state index is 13.9. The number of nitrogens with zero attached hydrogens (tertiary/aromatic N) is 3. The Morgan fingerprint density at radius 2 is 1.88 bits per heavy atom. The van der Waals surface area contributed by atoms with Crippen LogP contribution in [0.25, 0.3) is 6.08 Å². The number of aromatic nitrogens is 1. The lowest BCUT2D eigenvalue weighted by Gasteiger charge is -2.25. The summed E-state index contributed by atoms with van der Waals surface area (Å²) in [5.41, 5.74) is 3.23. The molecule has 5 rings (SSSR count). The molecule has 1 aromatic heterocycles. The Morgan fingerprint density at radius 3 is 2.58 bits per heavy atom. The lowest BCUT2D eigenvalue weighted by Crippen LogP contribution is -2.40. The highest BCUT2D eigenvalue weighted by atomic mass is 35.5. The molecular formula is C33H28ClN3O5S. The molecule has 0 radical (unpaired) electrons. The number of hydrogen-bond donors (Lipinski definition) is 0. The molecule has 1 aliphatic rings. The molecule has 0 spiro atoms. The third-order valence-electron chi connectivity index (χ3n) is 6.78. The summed E-state index contributed by atoms with van der Waals surface area (Å²) in [6.07, 6.45) is 1.41. The predicted molar refractivity (Wildman–Crippen MR) is 165 cm³/mol. The fourth-order valence-corrected chi connectivity index (χ4v) is 5.95. The van der Waals surface area contributed by atoms with Gasteiger partial charge in [-0.25, -0.2) is 9.79 Å². The van der Waals surface area contributed by atoms with Gasteiger partial charge >= 0.3 is 5.97 Å². The first-order chi connectivity index (χ1) is 20.7. The quantitative estimate of drug-likeness (QED) is 0.250. The molecule has 0 saturated heterocycles. The van der Waals surface area contributed by atoms with Crippen LogP contribution < -0.4 is 24.4 Å². The standard InChI is InChI=1S/C33H28ClN3O5S/c1-19(2)42-32(39)29-20(3)36-33-37(30(29)22-10-12-25(34)13-11-22)31(38)28(43-33)16-21-9-14-26(27(15-21)40-4)41-18-24-8-6-5-7-23(24)17-35/h5-16,19,30H,18H2,1-4H3/b28-16+/t30-/m0/s1. The number of carbonyl (C=O) groups excluding carboxylic acids is 1. The van der Waals surface area contributed by atoms with Crippen LogP contribution >= 0.6 is 22.9 Å². The average Bonchev–Trinajstić information content (AvgIpc) is 3.29. The van der Waals surface area contributed by atoms with E-state index >= 15 is 0 Å². The van der Waals surface area contributed by atoms with Gasteiger partial charge in [-0.3, -0.25) is 9.36 Å². The number of allylic oxidation sites excluding steroid dienone is 1. The third-order valence-corrected chi connectivity index (χ3v) is 8.01. The summed E-state index contributed by atoms with van der Waals surface area (Å²) >= 11 is 7.38. The van der Waals surface area contributed by atoms with Gasteiger partial charge < -0.3 is 14.2 Å². The van der Waals surface area contributed by atoms with Crippen molar-refractivity contribution in [3.8, 4) is 17.6 Å². The highest BCUT2D eigenvalue weighted by Gasteiger charge is 2.33. The minimum atomic E-state index is -0.733. The van der Waals surface area contributed by atoms with Crippen molar-refractivity contribution >= 4 is 35.0 Å². The molecule has 0 aliphatic carbocycles. The van der Waals surface area contributed by atoms with Crippen LogP contribution in [0.3, 0.4) is 0 Å². The molecule has 10 heteroatoms. The van der Waals surface area contributed by atoms with E-state index in [9.17, 15) is 14.9 Å². The van der Waals surface area contributed by atoms with Gasteiger partial charge in [0, 0.05) is 10.6 Å². The molecule has 1 aliphatic heterocycles. The second-order valence-electron chi connectivity index (χ2n) is 10.1. The maximum Gasteiger partial charge on any atom is 0.338 e. The minimum absolute atomic E-state index is 0.198. The zero-order valence-corrected chi connectivity index (χ0v) is 25.5. The average molecular weight is 614 g/mol. The molecule has 3 aromatic carbocycles. The van der Waals surface area contributed by atoms with Gasteiger partial charge in [-0.1, -0.05) is 59.3 Å². The minimum Gasteiger partial charge on any atom is -0.493 e. The van der Waals surface area contributed by atoms with E-state index in [1.165, 1.54) is 23.0 Å². The van der Waals surface area contributed by atoms with Crippen molar-refractivity contribution in [3.05, 3.63) is 125 Å². The molecule has 1 atom stereocenters. The van der Waals surface area contributed by atoms with Gasteiger partial charge in [0.05, 0.1) is 46.7 Å². The van der Waals surface area contributed by atoms with E-state index in [-0.39, 0.29) is 18.3 Å². The number of fused-ring (bicyclic) bond motifs is 1. The highest BCUT2D eigenvalue weighted by Crippen LogP contribution is 2.32. The summed E-state index contributed by atoms with van der Waals surface area (Å²) in [6, 6.07) is 21.1. The van der Waals surface area contributed by atoms with Gasteiger partial charge in [0.15, 0.2) is 16.3 Å². The predicted octanol–water partition coefficient (Wildman–Crippen LogP) is 5.30. The lowest BCUT2D eigenvalue weighted by molar-refractivity contribution is -0.143. The highest BCUT2D eigenvalue weighted by molar-refractivity contribution is 7.07. The van der Waals surface area contributed by atoms with Gasteiger partial charge in [-0.15, -0.1) is 0 Å². The van der Waals surface area contributed by atoms with Crippen LogP contribution in [0.2, 0.25) is 5.02 Å². The monoisotopic (exact) mass is 613 g/mol. The second kappa shape index (κ2) is 12.7. The number of hydrogen-bond acceptors (Lipinski definition) is 8. The van der Waals surface area contributed by atoms with E-state index in [4.69, 9.17) is 25.8 Å². The van der Waals surface area contributed by atoms with Crippen LogP contribution in [0.15, 0.2) is 87.8 Å². The summed E-state index contributed by atoms with van der Waals surface area (Å²) in [6.45, 7) is 5.49. The van der Waals surface area contributed by atoms with E-state index in [1.807, 2.05) is 18.2 Å². The van der Waals surface area contributed by atoms with Crippen LogP contribution in [-0.2, 0) is 16.1 Å². The summed E-state index contributed by atoms with van der Waals surface area (Å²) in [7, 11) is 1.54. The molecule has 0 N–H and O–H groups in total. The van der Waals surface area contributed by atoms with Gasteiger partial charge in [0.25, 0.3) is 5.56 Å². The van der Waals surface area contributed by atoms with Gasteiger partial charge in [-0.05, 0) is 68.3 Å². The van der Waals surface area contributed by atoms with E-state index in [2.05, 4.69) is 11.1 Å². The van der Waals surface area contributed by atoms with Crippen molar-refractivity contribution in [1.29, 1.82) is 5.26 Å². The van der Waals surface area contributed by atoms with Crippen molar-refractivity contribution in [2.24, 2.45) is 4.99 Å². The lowest BCUT2D eigenvalue weighted by atomic mass is 9.96. The number of rotatable bonds is 8. The van der Waals surface area contributed by atoms with Crippen LogP contribution in [0.5, 0.6) is 11.5 Å². The Labute approximate surface area is 257 Å². The molecule has 0 bridgehead atoms. The molecule has 43 heavy (non-hydrogen) atoms. The zero-order valence-electron chi connectivity index (χ0n) is 24.0. The Kier molecular flexibility index (Phi) is 8.81. The number of methoxy groups -OCH3 is 1. The summed E-state index contributed by atoms with van der Waals surface area (Å²) < 4.78 is 19.1. The number of carbonyl (C=O) groups is 1. The summed E-state index contributed by atoms with van der Waals surface area (Å²) in [5.74, 6) is 0.452. The van der Waals surface area contributed by atoms with Gasteiger partial charge in [-0.2, -0.15) is 5.26 Å². The van der Waals surface area contributed by atoms with E-state index in [0.29, 0.717) is 53.8 Å². The molecule has 0 saturated carbocycles. The topological polar surface area (TPSA) is 103 Å². The van der Waals surface area contributed by atoms with Gasteiger partial charge in [0.1, 0.15) is 6.61 Å². The SMILES string of the molecule is COc1cc(/C=c2/sc3n(c2=O)[C@@H](c2ccc(Cl)cc2)C(C(=O)OC(C)C)=C(C)N=3)ccc1OCc1ccccc1C#N. The first-order valence-corrected chi connectivity index (χ1v) is 14.7. The van der Waals surface area contributed by atoms with Crippen LogP contribution in [0.1, 0.15) is 49.1 Å². The molecule has 0 amide bonds. The Hall–Kier alpha value is -4.65. The summed E-state index contributed by atoms with van der Waals surface area (Å²) in [5, 5.41) is 9.90. The first kappa shape index (κ1) is 29.8. The number of esters is 1. The molecule has 218 valence electrons. The molecule has 8 nitrogen and oxygen atoms in total. The number of ether oxygens (including phenoxy) is 3. The van der Waals surface area contributed by atoms with Crippen molar-refractivity contribution in [2.75, 3.05) is 7.11 Å². The van der Waals surface area contributed by atoms with Gasteiger partial charge in [0.2, 0.25) is 0 Å². The number of benzene rings is 3. The fourth-order valence-electron chi connectivity index (χ4n) is 4.78. The van der Waals surface area contributed by atoms with Crippen molar-refractivity contribution in [1.82, 2.24) is 4.57 Å². The molecular weight excluding hydrogens is 586 g/mol. The smallest absolute Gasteiger partial charge is 0.338 e. The normalized spacial score (nSPS) is 14.6. The number of halogens is 1. The first-order valence-electron chi connectivity index (χ1n) is 13.5. The maximum absolute atomic E-state index is 13.9. The number of nitriles is 1. The largest absolute Gasteiger partial charge is 0.493 e. The Bertz CT molecular complexity index is 1950. The molecule has 4 aromatic rings. The van der Waals surface area contributed by atoms with E-state index in [0.717, 1.165) is 5.56 Å². The van der Waals surface area contributed by atoms with Crippen molar-refractivity contribution in [2.45, 2.75) is 39.5 Å². The van der Waals surface area contributed by atoms with Crippen LogP contribution in [0, 0.1) is 11.3 Å². The zero-order chi connectivity index (χ0) is 30.7. The molecule has 0 fully saturated rings. The summed E-state index contributed by atoms with van der Waals surface area (Å²) in [4.78, 5) is 32.3. The second-order valence-corrected chi connectivity index (χ2v) is 11.5. The third kappa shape index (κ3) is 6.26. The molecule has 0 unspecified atom stereocenters. The number of thiazole rings is 1. The fraction of sp³-hybridized carbons (Fsp3) is 0.212. The molecule has 2 heterocycles. The van der Waals surface area contributed by atoms with Crippen LogP contribution in [0.4, 0.5) is 0 Å². The Balaban J connectivity index is 1.54. The Morgan fingerprint density at radius 1 is 1.14 bits per heavy atom. The van der Waals surface area contributed by atoms with Crippen molar-refractivity contribution < 1.29 is 19.0 Å². The van der Waals surface area contributed by atoms with Crippen LogP contribution in [-0.4, -0.2) is 23.8 Å². The van der Waals surface area contributed by atoms with E-state index < -0.39 is 12.0 Å².